The predicted octanol–water partition coefficient (Wildman–Crippen LogP) is 2.99. The average molecular weight is 367 g/mol. The number of carbonyl (C=O) groups is 3. The fraction of sp³-hybridized carbons (Fsp3) is 0.500. The van der Waals surface area contributed by atoms with E-state index < -0.39 is 5.60 Å². The minimum absolute atomic E-state index is 0.186. The van der Waals surface area contributed by atoms with Gasteiger partial charge in [0.1, 0.15) is 5.60 Å². The molecule has 25 heavy (non-hydrogen) atoms. The summed E-state index contributed by atoms with van der Waals surface area (Å²) < 4.78 is 5.32. The van der Waals surface area contributed by atoms with Gasteiger partial charge in [-0.2, -0.15) is 0 Å². The normalized spacial score (nSPS) is 15.0. The van der Waals surface area contributed by atoms with Crippen molar-refractivity contribution < 1.29 is 19.1 Å². The van der Waals surface area contributed by atoms with Gasteiger partial charge in [0.15, 0.2) is 5.78 Å². The molecule has 0 unspecified atom stereocenters. The molecule has 2 rings (SSSR count). The molecule has 0 aliphatic carbocycles. The molecular weight excluding hydrogens is 344 g/mol. The maximum Gasteiger partial charge on any atom is 0.410 e. The van der Waals surface area contributed by atoms with Crippen LogP contribution in [0.15, 0.2) is 24.3 Å². The lowest BCUT2D eigenvalue weighted by atomic mass is 10.1. The maximum absolute atomic E-state index is 12.3. The van der Waals surface area contributed by atoms with Gasteiger partial charge in [-0.3, -0.25) is 9.59 Å². The van der Waals surface area contributed by atoms with Crippen molar-refractivity contribution >= 4 is 29.4 Å². The van der Waals surface area contributed by atoms with Crippen LogP contribution >= 0.6 is 11.6 Å². The van der Waals surface area contributed by atoms with E-state index in [1.54, 1.807) is 34.1 Å². The van der Waals surface area contributed by atoms with Crippen LogP contribution in [-0.4, -0.2) is 59.4 Å². The third-order valence-electron chi connectivity index (χ3n) is 3.76. The van der Waals surface area contributed by atoms with Gasteiger partial charge >= 0.3 is 6.09 Å². The molecule has 1 aliphatic rings. The molecule has 0 saturated carbocycles. The number of benzene rings is 1. The summed E-state index contributed by atoms with van der Waals surface area (Å²) in [6.07, 6.45) is -0.564. The van der Waals surface area contributed by atoms with Crippen LogP contribution in [0.25, 0.3) is 0 Å². The summed E-state index contributed by atoms with van der Waals surface area (Å²) in [6.45, 7) is 7.02. The Hall–Kier alpha value is -2.08. The largest absolute Gasteiger partial charge is 0.444 e. The molecule has 6 nitrogen and oxygen atoms in total. The number of hydrogen-bond donors (Lipinski definition) is 0. The van der Waals surface area contributed by atoms with Gasteiger partial charge in [-0.05, 0) is 45.0 Å². The molecule has 2 amide bonds. The minimum Gasteiger partial charge on any atom is -0.444 e. The first-order valence-electron chi connectivity index (χ1n) is 8.20. The van der Waals surface area contributed by atoms with E-state index in [2.05, 4.69) is 0 Å². The van der Waals surface area contributed by atoms with Gasteiger partial charge in [0.25, 0.3) is 0 Å². The van der Waals surface area contributed by atoms with Crippen molar-refractivity contribution in [1.82, 2.24) is 9.80 Å². The Labute approximate surface area is 152 Å². The summed E-state index contributed by atoms with van der Waals surface area (Å²) in [5, 5.41) is 0.543. The molecule has 1 heterocycles. The quantitative estimate of drug-likeness (QED) is 0.609. The van der Waals surface area contributed by atoms with E-state index in [1.165, 1.54) is 0 Å². The third-order valence-corrected chi connectivity index (χ3v) is 4.01. The van der Waals surface area contributed by atoms with Gasteiger partial charge in [-0.25, -0.2) is 4.79 Å². The molecule has 0 radical (unpaired) electrons. The third kappa shape index (κ3) is 5.74. The van der Waals surface area contributed by atoms with Crippen molar-refractivity contribution in [3.8, 4) is 0 Å². The first kappa shape index (κ1) is 19.2. The summed E-state index contributed by atoms with van der Waals surface area (Å²) in [7, 11) is 0. The van der Waals surface area contributed by atoms with E-state index in [9.17, 15) is 14.4 Å². The molecule has 1 fully saturated rings. The SMILES string of the molecule is CC(C)(C)OC(=O)N1CCN(C(=O)CC(=O)c2ccc(Cl)cc2)CC1. The zero-order valence-electron chi connectivity index (χ0n) is 14.8. The lowest BCUT2D eigenvalue weighted by Crippen LogP contribution is -2.51. The van der Waals surface area contributed by atoms with Gasteiger partial charge in [0.2, 0.25) is 5.91 Å². The Morgan fingerprint density at radius 3 is 2.04 bits per heavy atom. The van der Waals surface area contributed by atoms with Crippen molar-refractivity contribution in [3.63, 3.8) is 0 Å². The average Bonchev–Trinajstić information content (AvgIpc) is 2.54. The molecular formula is C18H23ClN2O4. The monoisotopic (exact) mass is 366 g/mol. The number of carbonyl (C=O) groups excluding carboxylic acids is 3. The van der Waals surface area contributed by atoms with Crippen molar-refractivity contribution in [2.75, 3.05) is 26.2 Å². The number of hydrogen-bond acceptors (Lipinski definition) is 4. The molecule has 1 aliphatic heterocycles. The molecule has 0 atom stereocenters. The molecule has 0 aromatic heterocycles. The highest BCUT2D eigenvalue weighted by molar-refractivity contribution is 6.30. The number of halogens is 1. The van der Waals surface area contributed by atoms with E-state index >= 15 is 0 Å². The number of nitrogens with zero attached hydrogens (tertiary/aromatic N) is 2. The molecule has 1 aromatic rings. The number of ketones is 1. The smallest absolute Gasteiger partial charge is 0.410 e. The van der Waals surface area contributed by atoms with Gasteiger partial charge in [-0.15, -0.1) is 0 Å². The minimum atomic E-state index is -0.547. The van der Waals surface area contributed by atoms with E-state index in [0.29, 0.717) is 36.8 Å². The molecule has 1 aromatic carbocycles. The van der Waals surface area contributed by atoms with Gasteiger partial charge < -0.3 is 14.5 Å². The summed E-state index contributed by atoms with van der Waals surface area (Å²) in [5.41, 5.74) is -0.0835. The lowest BCUT2D eigenvalue weighted by Gasteiger charge is -2.35. The Morgan fingerprint density at radius 2 is 1.52 bits per heavy atom. The number of Topliss-reactive ketones (excluding diaryl/α,β-unsaturated/α-hetero) is 1. The highest BCUT2D eigenvalue weighted by Gasteiger charge is 2.28. The summed E-state index contributed by atoms with van der Waals surface area (Å²) in [5.74, 6) is -0.472. The van der Waals surface area contributed by atoms with Crippen molar-refractivity contribution in [2.24, 2.45) is 0 Å². The van der Waals surface area contributed by atoms with Crippen LogP contribution in [0.1, 0.15) is 37.6 Å². The van der Waals surface area contributed by atoms with Crippen LogP contribution in [0.4, 0.5) is 4.79 Å². The molecule has 7 heteroatoms. The summed E-state index contributed by atoms with van der Waals surface area (Å²) >= 11 is 5.79. The molecule has 0 bridgehead atoms. The second kappa shape index (κ2) is 7.87. The lowest BCUT2D eigenvalue weighted by molar-refractivity contribution is -0.132. The first-order valence-corrected chi connectivity index (χ1v) is 8.58. The number of piperazine rings is 1. The topological polar surface area (TPSA) is 66.9 Å². The standard InChI is InChI=1S/C18H23ClN2O4/c1-18(2,3)25-17(24)21-10-8-20(9-11-21)16(23)12-15(22)13-4-6-14(19)7-5-13/h4-7H,8-12H2,1-3H3. The van der Waals surface area contributed by atoms with Crippen molar-refractivity contribution in [3.05, 3.63) is 34.9 Å². The Kier molecular flexibility index (Phi) is 6.06. The van der Waals surface area contributed by atoms with Gasteiger partial charge in [0, 0.05) is 36.8 Å². The number of rotatable bonds is 3. The second-order valence-corrected chi connectivity index (χ2v) is 7.39. The first-order chi connectivity index (χ1) is 11.7. The van der Waals surface area contributed by atoms with E-state index in [0.717, 1.165) is 0 Å². The second-order valence-electron chi connectivity index (χ2n) is 6.96. The van der Waals surface area contributed by atoms with Crippen LogP contribution in [0.5, 0.6) is 0 Å². The predicted molar refractivity (Wildman–Crippen MR) is 94.8 cm³/mol. The van der Waals surface area contributed by atoms with Crippen LogP contribution in [-0.2, 0) is 9.53 Å². The van der Waals surface area contributed by atoms with Crippen molar-refractivity contribution in [2.45, 2.75) is 32.8 Å². The van der Waals surface area contributed by atoms with Crippen LogP contribution in [0.3, 0.4) is 0 Å². The Bertz CT molecular complexity index is 644. The fourth-order valence-corrected chi connectivity index (χ4v) is 2.58. The number of ether oxygens (including phenoxy) is 1. The summed E-state index contributed by atoms with van der Waals surface area (Å²) in [6, 6.07) is 6.47. The Morgan fingerprint density at radius 1 is 1.00 bits per heavy atom. The van der Waals surface area contributed by atoms with Crippen LogP contribution in [0, 0.1) is 0 Å². The van der Waals surface area contributed by atoms with E-state index in [4.69, 9.17) is 16.3 Å². The maximum atomic E-state index is 12.3. The van der Waals surface area contributed by atoms with E-state index in [1.807, 2.05) is 20.8 Å². The van der Waals surface area contributed by atoms with Gasteiger partial charge in [0.05, 0.1) is 6.42 Å². The highest BCUT2D eigenvalue weighted by atomic mass is 35.5. The van der Waals surface area contributed by atoms with Crippen LogP contribution in [0.2, 0.25) is 5.02 Å². The molecule has 1 saturated heterocycles. The van der Waals surface area contributed by atoms with Crippen LogP contribution < -0.4 is 0 Å². The zero-order valence-corrected chi connectivity index (χ0v) is 15.5. The van der Waals surface area contributed by atoms with Crippen molar-refractivity contribution in [1.29, 1.82) is 0 Å². The zero-order chi connectivity index (χ0) is 18.6. The molecule has 136 valence electrons. The van der Waals surface area contributed by atoms with Gasteiger partial charge in [-0.1, -0.05) is 11.6 Å². The molecule has 0 spiro atoms. The molecule has 0 N–H and O–H groups in total. The highest BCUT2D eigenvalue weighted by Crippen LogP contribution is 2.14. The van der Waals surface area contributed by atoms with E-state index in [-0.39, 0.29) is 24.2 Å². The fourth-order valence-electron chi connectivity index (χ4n) is 2.45. The number of amides is 2. The Balaban J connectivity index is 1.84. The summed E-state index contributed by atoms with van der Waals surface area (Å²) in [4.78, 5) is 39.7.